The second-order valence-electron chi connectivity index (χ2n) is 7.71. The maximum Gasteiger partial charge on any atom is 0.241 e. The number of piperidine rings is 1. The van der Waals surface area contributed by atoms with E-state index in [2.05, 4.69) is 26.4 Å². The van der Waals surface area contributed by atoms with Crippen LogP contribution in [0.5, 0.6) is 0 Å². The first-order valence-electron chi connectivity index (χ1n) is 10.2. The van der Waals surface area contributed by atoms with Gasteiger partial charge in [0.1, 0.15) is 0 Å². The summed E-state index contributed by atoms with van der Waals surface area (Å²) in [5.41, 5.74) is 5.08. The second-order valence-corrected chi connectivity index (χ2v) is 7.71. The van der Waals surface area contributed by atoms with Gasteiger partial charge < -0.3 is 5.32 Å². The maximum absolute atomic E-state index is 13.0. The Hall–Kier alpha value is -2.99. The number of pyridine rings is 1. The molecule has 1 aromatic carbocycles. The molecule has 6 heteroatoms. The monoisotopic (exact) mass is 389 g/mol. The van der Waals surface area contributed by atoms with Gasteiger partial charge in [-0.25, -0.2) is 4.68 Å². The number of rotatable bonds is 5. The first-order chi connectivity index (χ1) is 14.1. The van der Waals surface area contributed by atoms with Crippen LogP contribution in [0.15, 0.2) is 54.9 Å². The van der Waals surface area contributed by atoms with Crippen LogP contribution in [-0.2, 0) is 11.3 Å². The van der Waals surface area contributed by atoms with Gasteiger partial charge in [0.15, 0.2) is 0 Å². The van der Waals surface area contributed by atoms with Crippen LogP contribution < -0.4 is 5.32 Å². The van der Waals surface area contributed by atoms with Gasteiger partial charge in [0, 0.05) is 30.3 Å². The number of aromatic nitrogens is 3. The summed E-state index contributed by atoms with van der Waals surface area (Å²) in [4.78, 5) is 19.4. The van der Waals surface area contributed by atoms with Crippen molar-refractivity contribution in [1.82, 2.24) is 19.7 Å². The van der Waals surface area contributed by atoms with E-state index in [9.17, 15) is 4.79 Å². The Kier molecular flexibility index (Phi) is 5.71. The molecule has 0 radical (unpaired) electrons. The summed E-state index contributed by atoms with van der Waals surface area (Å²) in [7, 11) is 0. The van der Waals surface area contributed by atoms with Crippen molar-refractivity contribution in [3.05, 3.63) is 71.8 Å². The summed E-state index contributed by atoms with van der Waals surface area (Å²) < 4.78 is 1.92. The van der Waals surface area contributed by atoms with Crippen molar-refractivity contribution < 1.29 is 4.79 Å². The highest BCUT2D eigenvalue weighted by molar-refractivity contribution is 5.95. The quantitative estimate of drug-likeness (QED) is 0.719. The number of anilines is 1. The first kappa shape index (κ1) is 19.3. The number of carbonyl (C=O) groups is 1. The van der Waals surface area contributed by atoms with Crippen LogP contribution >= 0.6 is 0 Å². The molecule has 1 atom stereocenters. The number of nitrogens with zero attached hydrogens (tertiary/aromatic N) is 4. The Morgan fingerprint density at radius 1 is 1.10 bits per heavy atom. The molecule has 1 saturated heterocycles. The molecule has 1 amide bonds. The smallest absolute Gasteiger partial charge is 0.241 e. The Balaban J connectivity index is 1.44. The van der Waals surface area contributed by atoms with Gasteiger partial charge in [-0.3, -0.25) is 14.7 Å². The van der Waals surface area contributed by atoms with Crippen molar-refractivity contribution in [2.45, 2.75) is 45.7 Å². The molecule has 3 aromatic rings. The van der Waals surface area contributed by atoms with Crippen LogP contribution in [0.25, 0.3) is 5.69 Å². The molecule has 29 heavy (non-hydrogen) atoms. The summed E-state index contributed by atoms with van der Waals surface area (Å²) in [5, 5.41) is 7.62. The molecule has 1 N–H and O–H groups in total. The van der Waals surface area contributed by atoms with Crippen LogP contribution in [-0.4, -0.2) is 38.2 Å². The second kappa shape index (κ2) is 8.57. The van der Waals surface area contributed by atoms with Gasteiger partial charge >= 0.3 is 0 Å². The molecule has 4 rings (SSSR count). The predicted molar refractivity (Wildman–Crippen MR) is 114 cm³/mol. The summed E-state index contributed by atoms with van der Waals surface area (Å²) in [6.45, 7) is 5.74. The molecular formula is C23H27N5O. The zero-order valence-corrected chi connectivity index (χ0v) is 17.0. The van der Waals surface area contributed by atoms with Gasteiger partial charge in [0.25, 0.3) is 0 Å². The molecule has 0 aliphatic carbocycles. The largest absolute Gasteiger partial charge is 0.325 e. The Morgan fingerprint density at radius 2 is 1.86 bits per heavy atom. The summed E-state index contributed by atoms with van der Waals surface area (Å²) in [5.74, 6) is 0.0672. The Morgan fingerprint density at radius 3 is 2.55 bits per heavy atom. The number of nitrogens with one attached hydrogen (secondary N) is 1. The fourth-order valence-corrected chi connectivity index (χ4v) is 4.00. The van der Waals surface area contributed by atoms with Gasteiger partial charge in [-0.2, -0.15) is 5.10 Å². The fourth-order valence-electron chi connectivity index (χ4n) is 4.00. The van der Waals surface area contributed by atoms with E-state index in [1.807, 2.05) is 54.9 Å². The van der Waals surface area contributed by atoms with Gasteiger partial charge in [-0.15, -0.1) is 0 Å². The molecule has 1 unspecified atom stereocenters. The minimum absolute atomic E-state index is 0.0672. The van der Waals surface area contributed by atoms with Crippen LogP contribution in [0.3, 0.4) is 0 Å². The normalized spacial score (nSPS) is 17.2. The van der Waals surface area contributed by atoms with Gasteiger partial charge in [0.2, 0.25) is 5.91 Å². The molecule has 0 spiro atoms. The van der Waals surface area contributed by atoms with Crippen molar-refractivity contribution in [2.75, 3.05) is 11.9 Å². The Bertz CT molecular complexity index is 965. The van der Waals surface area contributed by atoms with Crippen molar-refractivity contribution in [3.63, 3.8) is 0 Å². The lowest BCUT2D eigenvalue weighted by atomic mass is 10.0. The van der Waals surface area contributed by atoms with E-state index in [0.29, 0.717) is 0 Å². The minimum atomic E-state index is -0.104. The first-order valence-corrected chi connectivity index (χ1v) is 10.2. The minimum Gasteiger partial charge on any atom is -0.325 e. The topological polar surface area (TPSA) is 63.1 Å². The third-order valence-electron chi connectivity index (χ3n) is 5.44. The van der Waals surface area contributed by atoms with Crippen LogP contribution in [0.4, 0.5) is 5.69 Å². The van der Waals surface area contributed by atoms with Gasteiger partial charge in [0.05, 0.1) is 17.4 Å². The average Bonchev–Trinajstić information content (AvgIpc) is 3.08. The lowest BCUT2D eigenvalue weighted by molar-refractivity contribution is -0.122. The lowest BCUT2D eigenvalue weighted by Gasteiger charge is -2.34. The standard InChI is InChI=1S/C23H27N5O/c1-17-15-18(2)28(26-17)21-8-6-20(7-9-21)25-23(29)22-5-3-4-14-27(22)16-19-10-12-24-13-11-19/h6-13,15,22H,3-5,14,16H2,1-2H3,(H,25,29). The number of aryl methyl sites for hydroxylation is 2. The highest BCUT2D eigenvalue weighted by atomic mass is 16.2. The molecule has 2 aromatic heterocycles. The van der Waals surface area contributed by atoms with Crippen LogP contribution in [0.2, 0.25) is 0 Å². The molecule has 1 aliphatic rings. The number of amides is 1. The highest BCUT2D eigenvalue weighted by Crippen LogP contribution is 2.22. The molecule has 0 saturated carbocycles. The van der Waals surface area contributed by atoms with E-state index < -0.39 is 0 Å². The summed E-state index contributed by atoms with van der Waals surface area (Å²) in [6.07, 6.45) is 6.71. The average molecular weight is 390 g/mol. The summed E-state index contributed by atoms with van der Waals surface area (Å²) >= 11 is 0. The maximum atomic E-state index is 13.0. The van der Waals surface area contributed by atoms with E-state index >= 15 is 0 Å². The zero-order valence-electron chi connectivity index (χ0n) is 17.0. The molecular weight excluding hydrogens is 362 g/mol. The number of hydrogen-bond acceptors (Lipinski definition) is 4. The SMILES string of the molecule is Cc1cc(C)n(-c2ccc(NC(=O)C3CCCCN3Cc3ccncc3)cc2)n1. The van der Waals surface area contributed by atoms with Crippen molar-refractivity contribution in [2.24, 2.45) is 0 Å². The zero-order chi connectivity index (χ0) is 20.2. The molecule has 0 bridgehead atoms. The Labute approximate surface area is 171 Å². The van der Waals surface area contributed by atoms with Gasteiger partial charge in [-0.1, -0.05) is 6.42 Å². The lowest BCUT2D eigenvalue weighted by Crippen LogP contribution is -2.46. The van der Waals surface area contributed by atoms with Crippen molar-refractivity contribution >= 4 is 11.6 Å². The molecule has 3 heterocycles. The number of likely N-dealkylation sites (tertiary alicyclic amines) is 1. The third-order valence-corrected chi connectivity index (χ3v) is 5.44. The van der Waals surface area contributed by atoms with E-state index in [1.54, 1.807) is 12.4 Å². The highest BCUT2D eigenvalue weighted by Gasteiger charge is 2.28. The fraction of sp³-hybridized carbons (Fsp3) is 0.348. The molecule has 6 nitrogen and oxygen atoms in total. The third kappa shape index (κ3) is 4.54. The van der Waals surface area contributed by atoms with E-state index in [-0.39, 0.29) is 11.9 Å². The van der Waals surface area contributed by atoms with Crippen LogP contribution in [0.1, 0.15) is 36.2 Å². The predicted octanol–water partition coefficient (Wildman–Crippen LogP) is 3.88. The molecule has 1 aliphatic heterocycles. The molecule has 150 valence electrons. The number of carbonyl (C=O) groups excluding carboxylic acids is 1. The van der Waals surface area contributed by atoms with Crippen molar-refractivity contribution in [3.8, 4) is 5.69 Å². The van der Waals surface area contributed by atoms with Gasteiger partial charge in [-0.05, 0) is 81.3 Å². The summed E-state index contributed by atoms with van der Waals surface area (Å²) in [6, 6.07) is 13.8. The van der Waals surface area contributed by atoms with E-state index in [0.717, 1.165) is 55.1 Å². The molecule has 1 fully saturated rings. The number of hydrogen-bond donors (Lipinski definition) is 1. The van der Waals surface area contributed by atoms with E-state index in [1.165, 1.54) is 5.56 Å². The van der Waals surface area contributed by atoms with E-state index in [4.69, 9.17) is 0 Å². The van der Waals surface area contributed by atoms with Crippen LogP contribution in [0, 0.1) is 13.8 Å². The number of benzene rings is 1. The van der Waals surface area contributed by atoms with Crippen molar-refractivity contribution in [1.29, 1.82) is 0 Å².